The van der Waals surface area contributed by atoms with Crippen LogP contribution >= 0.6 is 22.9 Å². The van der Waals surface area contributed by atoms with Gasteiger partial charge in [0.05, 0.1) is 5.38 Å². The van der Waals surface area contributed by atoms with E-state index in [0.717, 1.165) is 0 Å². The van der Waals surface area contributed by atoms with Crippen molar-refractivity contribution in [1.82, 2.24) is 0 Å². The molecule has 0 saturated heterocycles. The lowest BCUT2D eigenvalue weighted by molar-refractivity contribution is 1.13. The highest BCUT2D eigenvalue weighted by atomic mass is 35.5. The molecule has 78 valence electrons. The Morgan fingerprint density at radius 2 is 1.93 bits per heavy atom. The van der Waals surface area contributed by atoms with Crippen LogP contribution in [0.3, 0.4) is 0 Å². The molecule has 2 aromatic rings. The largest absolute Gasteiger partial charge is 0.147 e. The van der Waals surface area contributed by atoms with Gasteiger partial charge in [0.15, 0.2) is 0 Å². The van der Waals surface area contributed by atoms with Crippen LogP contribution in [0.5, 0.6) is 0 Å². The molecule has 0 aliphatic carbocycles. The fraction of sp³-hybridized carbons (Fsp3) is 0.231. The third-order valence-corrected chi connectivity index (χ3v) is 4.25. The van der Waals surface area contributed by atoms with Crippen LogP contribution in [0.2, 0.25) is 0 Å². The van der Waals surface area contributed by atoms with Crippen molar-refractivity contribution < 1.29 is 0 Å². The fourth-order valence-corrected chi connectivity index (χ4v) is 2.82. The Labute approximate surface area is 99.5 Å². The van der Waals surface area contributed by atoms with Gasteiger partial charge in [-0.1, -0.05) is 24.3 Å². The SMILES string of the molecule is Cc1cccc(C(Cl)c2cccs2)c1C. The standard InChI is InChI=1S/C13H13ClS/c1-9-5-3-6-11(10(9)2)13(14)12-7-4-8-15-12/h3-8,13H,1-2H3. The number of alkyl halides is 1. The molecule has 2 rings (SSSR count). The topological polar surface area (TPSA) is 0 Å². The molecule has 1 aromatic carbocycles. The molecule has 1 aromatic heterocycles. The van der Waals surface area contributed by atoms with Gasteiger partial charge in [0, 0.05) is 4.88 Å². The molecule has 0 fully saturated rings. The summed E-state index contributed by atoms with van der Waals surface area (Å²) in [6.07, 6.45) is 0. The van der Waals surface area contributed by atoms with Gasteiger partial charge in [-0.05, 0) is 42.0 Å². The van der Waals surface area contributed by atoms with E-state index in [1.807, 2.05) is 6.07 Å². The van der Waals surface area contributed by atoms with E-state index in [9.17, 15) is 0 Å². The van der Waals surface area contributed by atoms with Crippen molar-refractivity contribution in [3.8, 4) is 0 Å². The Balaban J connectivity index is 2.42. The minimum Gasteiger partial charge on any atom is -0.147 e. The minimum absolute atomic E-state index is 0.00935. The number of aryl methyl sites for hydroxylation is 1. The van der Waals surface area contributed by atoms with Gasteiger partial charge in [-0.3, -0.25) is 0 Å². The second-order valence-corrected chi connectivity index (χ2v) is 5.08. The lowest BCUT2D eigenvalue weighted by atomic mass is 10.0. The van der Waals surface area contributed by atoms with Crippen molar-refractivity contribution in [2.24, 2.45) is 0 Å². The molecule has 0 aliphatic heterocycles. The molecule has 2 heteroatoms. The smallest absolute Gasteiger partial charge is 0.0930 e. The van der Waals surface area contributed by atoms with Crippen LogP contribution in [0.15, 0.2) is 35.7 Å². The van der Waals surface area contributed by atoms with Crippen molar-refractivity contribution in [3.05, 3.63) is 57.3 Å². The average molecular weight is 237 g/mol. The van der Waals surface area contributed by atoms with Crippen LogP contribution in [0, 0.1) is 13.8 Å². The average Bonchev–Trinajstić information content (AvgIpc) is 2.74. The zero-order valence-electron chi connectivity index (χ0n) is 8.83. The van der Waals surface area contributed by atoms with Crippen LogP contribution in [0.4, 0.5) is 0 Å². The van der Waals surface area contributed by atoms with Gasteiger partial charge in [-0.15, -0.1) is 22.9 Å². The predicted molar refractivity (Wildman–Crippen MR) is 67.9 cm³/mol. The lowest BCUT2D eigenvalue weighted by Gasteiger charge is -2.12. The van der Waals surface area contributed by atoms with Crippen LogP contribution in [0.25, 0.3) is 0 Å². The highest BCUT2D eigenvalue weighted by molar-refractivity contribution is 7.10. The van der Waals surface area contributed by atoms with Gasteiger partial charge >= 0.3 is 0 Å². The Hall–Kier alpha value is -0.790. The fourth-order valence-electron chi connectivity index (χ4n) is 1.64. The van der Waals surface area contributed by atoms with Crippen molar-refractivity contribution in [2.75, 3.05) is 0 Å². The van der Waals surface area contributed by atoms with Gasteiger partial charge in [0.2, 0.25) is 0 Å². The van der Waals surface area contributed by atoms with E-state index in [1.165, 1.54) is 21.6 Å². The maximum Gasteiger partial charge on any atom is 0.0930 e. The molecule has 0 amide bonds. The summed E-state index contributed by atoms with van der Waals surface area (Å²) < 4.78 is 0. The molecule has 0 spiro atoms. The molecule has 0 bridgehead atoms. The number of halogens is 1. The molecule has 0 N–H and O–H groups in total. The first kappa shape index (κ1) is 10.7. The second kappa shape index (κ2) is 4.38. The first-order valence-electron chi connectivity index (χ1n) is 4.93. The zero-order valence-corrected chi connectivity index (χ0v) is 10.4. The Morgan fingerprint density at radius 1 is 1.13 bits per heavy atom. The highest BCUT2D eigenvalue weighted by Crippen LogP contribution is 2.34. The van der Waals surface area contributed by atoms with Gasteiger partial charge in [0.25, 0.3) is 0 Å². The van der Waals surface area contributed by atoms with E-state index in [0.29, 0.717) is 0 Å². The van der Waals surface area contributed by atoms with Gasteiger partial charge < -0.3 is 0 Å². The summed E-state index contributed by atoms with van der Waals surface area (Å²) in [5, 5.41) is 2.06. The summed E-state index contributed by atoms with van der Waals surface area (Å²) in [5.41, 5.74) is 3.82. The van der Waals surface area contributed by atoms with E-state index >= 15 is 0 Å². The molecule has 1 atom stereocenters. The van der Waals surface area contributed by atoms with Crippen LogP contribution in [0.1, 0.15) is 26.9 Å². The number of hydrogen-bond donors (Lipinski definition) is 0. The quantitative estimate of drug-likeness (QED) is 0.664. The summed E-state index contributed by atoms with van der Waals surface area (Å²) in [6, 6.07) is 10.4. The molecule has 0 saturated carbocycles. The summed E-state index contributed by atoms with van der Waals surface area (Å²) in [6.45, 7) is 4.25. The zero-order chi connectivity index (χ0) is 10.8. The highest BCUT2D eigenvalue weighted by Gasteiger charge is 2.14. The lowest BCUT2D eigenvalue weighted by Crippen LogP contribution is -1.95. The monoisotopic (exact) mass is 236 g/mol. The molecule has 1 heterocycles. The normalized spacial score (nSPS) is 12.7. The molecule has 0 aliphatic rings. The number of hydrogen-bond acceptors (Lipinski definition) is 1. The second-order valence-electron chi connectivity index (χ2n) is 3.67. The van der Waals surface area contributed by atoms with Crippen LogP contribution < -0.4 is 0 Å². The summed E-state index contributed by atoms with van der Waals surface area (Å²) in [5.74, 6) is 0. The molecule has 15 heavy (non-hydrogen) atoms. The Kier molecular flexibility index (Phi) is 3.13. The number of rotatable bonds is 2. The summed E-state index contributed by atoms with van der Waals surface area (Å²) in [7, 11) is 0. The van der Waals surface area contributed by atoms with E-state index in [-0.39, 0.29) is 5.38 Å². The van der Waals surface area contributed by atoms with Crippen molar-refractivity contribution in [1.29, 1.82) is 0 Å². The van der Waals surface area contributed by atoms with Crippen molar-refractivity contribution >= 4 is 22.9 Å². The van der Waals surface area contributed by atoms with Crippen molar-refractivity contribution in [2.45, 2.75) is 19.2 Å². The maximum atomic E-state index is 6.46. The summed E-state index contributed by atoms with van der Waals surface area (Å²) >= 11 is 8.17. The molecular formula is C13H13ClS. The van der Waals surface area contributed by atoms with E-state index < -0.39 is 0 Å². The first-order valence-corrected chi connectivity index (χ1v) is 6.25. The van der Waals surface area contributed by atoms with Gasteiger partial charge in [-0.2, -0.15) is 0 Å². The molecule has 0 nitrogen and oxygen atoms in total. The molecular weight excluding hydrogens is 224 g/mol. The van der Waals surface area contributed by atoms with Crippen LogP contribution in [-0.4, -0.2) is 0 Å². The van der Waals surface area contributed by atoms with E-state index in [2.05, 4.69) is 43.5 Å². The molecule has 0 radical (unpaired) electrons. The maximum absolute atomic E-state index is 6.46. The minimum atomic E-state index is -0.00935. The van der Waals surface area contributed by atoms with E-state index in [4.69, 9.17) is 11.6 Å². The third kappa shape index (κ3) is 2.09. The first-order chi connectivity index (χ1) is 7.20. The van der Waals surface area contributed by atoms with Crippen molar-refractivity contribution in [3.63, 3.8) is 0 Å². The van der Waals surface area contributed by atoms with Gasteiger partial charge in [0.1, 0.15) is 0 Å². The third-order valence-electron chi connectivity index (χ3n) is 2.71. The Morgan fingerprint density at radius 3 is 2.60 bits per heavy atom. The number of benzene rings is 1. The predicted octanol–water partition coefficient (Wildman–Crippen LogP) is 4.69. The number of thiophene rings is 1. The Bertz CT molecular complexity index is 446. The van der Waals surface area contributed by atoms with Gasteiger partial charge in [-0.25, -0.2) is 0 Å². The van der Waals surface area contributed by atoms with E-state index in [1.54, 1.807) is 11.3 Å². The molecule has 1 unspecified atom stereocenters. The summed E-state index contributed by atoms with van der Waals surface area (Å²) in [4.78, 5) is 1.21. The van der Waals surface area contributed by atoms with Crippen LogP contribution in [-0.2, 0) is 0 Å².